The molecule has 0 radical (unpaired) electrons. The normalized spacial score (nSPS) is 16.2. The van der Waals surface area contributed by atoms with Gasteiger partial charge in [0, 0.05) is 31.7 Å². The number of likely N-dealkylation sites (N-methyl/N-ethyl adjacent to an activating group) is 1. The number of amides is 1. The van der Waals surface area contributed by atoms with Gasteiger partial charge in [0.15, 0.2) is 0 Å². The molecule has 0 atom stereocenters. The number of nitrogens with zero attached hydrogens (tertiary/aromatic N) is 2. The highest BCUT2D eigenvalue weighted by molar-refractivity contribution is 5.94. The van der Waals surface area contributed by atoms with Crippen LogP contribution in [-0.2, 0) is 0 Å². The van der Waals surface area contributed by atoms with Crippen molar-refractivity contribution in [2.75, 3.05) is 39.3 Å². The largest absolute Gasteiger partial charge is 0.494 e. The molecule has 0 unspecified atom stereocenters. The molecule has 1 aliphatic rings. The molecule has 2 rings (SSSR count). The first kappa shape index (κ1) is 14.9. The monoisotopic (exact) mass is 276 g/mol. The van der Waals surface area contributed by atoms with Crippen LogP contribution in [-0.4, -0.2) is 55.0 Å². The van der Waals surface area contributed by atoms with E-state index in [9.17, 15) is 4.79 Å². The Labute approximate surface area is 121 Å². The third-order valence-electron chi connectivity index (χ3n) is 3.68. The van der Waals surface area contributed by atoms with Crippen molar-refractivity contribution >= 4 is 5.91 Å². The minimum absolute atomic E-state index is 0.128. The molecule has 0 aliphatic carbocycles. The van der Waals surface area contributed by atoms with E-state index in [1.807, 2.05) is 29.2 Å². The Bertz CT molecular complexity index is 423. The van der Waals surface area contributed by atoms with Crippen molar-refractivity contribution < 1.29 is 9.53 Å². The number of piperazine rings is 1. The van der Waals surface area contributed by atoms with E-state index in [4.69, 9.17) is 4.74 Å². The average Bonchev–Trinajstić information content (AvgIpc) is 2.53. The van der Waals surface area contributed by atoms with E-state index in [0.717, 1.165) is 50.5 Å². The molecule has 1 aromatic rings. The van der Waals surface area contributed by atoms with E-state index in [-0.39, 0.29) is 5.91 Å². The first-order chi connectivity index (χ1) is 9.74. The minimum Gasteiger partial charge on any atom is -0.494 e. The summed E-state index contributed by atoms with van der Waals surface area (Å²) in [5.41, 5.74) is 0.749. The fourth-order valence-electron chi connectivity index (χ4n) is 2.36. The summed E-state index contributed by atoms with van der Waals surface area (Å²) in [6, 6.07) is 7.48. The highest BCUT2D eigenvalue weighted by Gasteiger charge is 2.21. The van der Waals surface area contributed by atoms with E-state index in [1.54, 1.807) is 0 Å². The summed E-state index contributed by atoms with van der Waals surface area (Å²) in [7, 11) is 0. The number of rotatable bonds is 5. The number of benzene rings is 1. The summed E-state index contributed by atoms with van der Waals surface area (Å²) in [4.78, 5) is 16.7. The van der Waals surface area contributed by atoms with Gasteiger partial charge in [-0.25, -0.2) is 0 Å². The van der Waals surface area contributed by atoms with Crippen molar-refractivity contribution in [3.63, 3.8) is 0 Å². The van der Waals surface area contributed by atoms with Crippen LogP contribution in [0.25, 0.3) is 0 Å². The molecule has 0 saturated carbocycles. The summed E-state index contributed by atoms with van der Waals surface area (Å²) in [5.74, 6) is 0.960. The first-order valence-electron chi connectivity index (χ1n) is 7.49. The van der Waals surface area contributed by atoms with E-state index in [2.05, 4.69) is 18.7 Å². The van der Waals surface area contributed by atoms with E-state index < -0.39 is 0 Å². The Balaban J connectivity index is 1.92. The van der Waals surface area contributed by atoms with Crippen molar-refractivity contribution in [3.05, 3.63) is 29.8 Å². The van der Waals surface area contributed by atoms with Gasteiger partial charge in [0.2, 0.25) is 0 Å². The van der Waals surface area contributed by atoms with Crippen molar-refractivity contribution in [2.24, 2.45) is 0 Å². The van der Waals surface area contributed by atoms with Crippen LogP contribution in [0.5, 0.6) is 5.75 Å². The Morgan fingerprint density at radius 2 is 1.75 bits per heavy atom. The smallest absolute Gasteiger partial charge is 0.253 e. The fourth-order valence-corrected chi connectivity index (χ4v) is 2.36. The van der Waals surface area contributed by atoms with Gasteiger partial charge in [0.05, 0.1) is 6.61 Å². The second-order valence-corrected chi connectivity index (χ2v) is 5.10. The van der Waals surface area contributed by atoms with Gasteiger partial charge in [-0.3, -0.25) is 4.79 Å². The second kappa shape index (κ2) is 7.29. The number of carbonyl (C=O) groups is 1. The molecule has 1 aromatic carbocycles. The summed E-state index contributed by atoms with van der Waals surface area (Å²) < 4.78 is 5.53. The summed E-state index contributed by atoms with van der Waals surface area (Å²) in [6.45, 7) is 9.60. The summed E-state index contributed by atoms with van der Waals surface area (Å²) >= 11 is 0. The molecule has 0 N–H and O–H groups in total. The molecule has 1 fully saturated rings. The first-order valence-corrected chi connectivity index (χ1v) is 7.49. The number of ether oxygens (including phenoxy) is 1. The predicted octanol–water partition coefficient (Wildman–Crippen LogP) is 2.25. The van der Waals surface area contributed by atoms with Crippen LogP contribution in [0.3, 0.4) is 0 Å². The van der Waals surface area contributed by atoms with Crippen LogP contribution in [0.2, 0.25) is 0 Å². The van der Waals surface area contributed by atoms with Gasteiger partial charge in [0.1, 0.15) is 5.75 Å². The SMILES string of the molecule is CCCOc1ccc(C(=O)N2CCN(CC)CC2)cc1. The van der Waals surface area contributed by atoms with Gasteiger partial charge >= 0.3 is 0 Å². The van der Waals surface area contributed by atoms with Crippen LogP contribution in [0, 0.1) is 0 Å². The molecule has 1 amide bonds. The van der Waals surface area contributed by atoms with Gasteiger partial charge in [-0.05, 0) is 37.2 Å². The van der Waals surface area contributed by atoms with Crippen molar-refractivity contribution in [3.8, 4) is 5.75 Å². The average molecular weight is 276 g/mol. The zero-order valence-corrected chi connectivity index (χ0v) is 12.5. The molecule has 0 aromatic heterocycles. The van der Waals surface area contributed by atoms with Crippen LogP contribution in [0.4, 0.5) is 0 Å². The predicted molar refractivity (Wildman–Crippen MR) is 80.2 cm³/mol. The zero-order valence-electron chi connectivity index (χ0n) is 12.5. The van der Waals surface area contributed by atoms with E-state index >= 15 is 0 Å². The maximum atomic E-state index is 12.4. The Morgan fingerprint density at radius 3 is 2.30 bits per heavy atom. The quantitative estimate of drug-likeness (QED) is 0.827. The Hall–Kier alpha value is -1.55. The maximum Gasteiger partial charge on any atom is 0.253 e. The lowest BCUT2D eigenvalue weighted by molar-refractivity contribution is 0.0643. The van der Waals surface area contributed by atoms with Crippen LogP contribution < -0.4 is 4.74 Å². The van der Waals surface area contributed by atoms with Gasteiger partial charge < -0.3 is 14.5 Å². The molecule has 1 heterocycles. The van der Waals surface area contributed by atoms with Crippen molar-refractivity contribution in [1.29, 1.82) is 0 Å². The van der Waals surface area contributed by atoms with E-state index in [0.29, 0.717) is 6.61 Å². The summed E-state index contributed by atoms with van der Waals surface area (Å²) in [5, 5.41) is 0. The third kappa shape index (κ3) is 3.73. The summed E-state index contributed by atoms with van der Waals surface area (Å²) in [6.07, 6.45) is 0.988. The number of hydrogen-bond acceptors (Lipinski definition) is 3. The zero-order chi connectivity index (χ0) is 14.4. The maximum absolute atomic E-state index is 12.4. The van der Waals surface area contributed by atoms with Crippen LogP contribution in [0.1, 0.15) is 30.6 Å². The third-order valence-corrected chi connectivity index (χ3v) is 3.68. The van der Waals surface area contributed by atoms with Gasteiger partial charge in [0.25, 0.3) is 5.91 Å². The highest BCUT2D eigenvalue weighted by atomic mass is 16.5. The van der Waals surface area contributed by atoms with Gasteiger partial charge in [-0.15, -0.1) is 0 Å². The fraction of sp³-hybridized carbons (Fsp3) is 0.562. The lowest BCUT2D eigenvalue weighted by Gasteiger charge is -2.34. The molecule has 110 valence electrons. The second-order valence-electron chi connectivity index (χ2n) is 5.10. The number of hydrogen-bond donors (Lipinski definition) is 0. The molecule has 20 heavy (non-hydrogen) atoms. The Morgan fingerprint density at radius 1 is 1.10 bits per heavy atom. The topological polar surface area (TPSA) is 32.8 Å². The molecule has 1 saturated heterocycles. The molecule has 4 heteroatoms. The van der Waals surface area contributed by atoms with E-state index in [1.165, 1.54) is 0 Å². The lowest BCUT2D eigenvalue weighted by atomic mass is 10.1. The number of carbonyl (C=O) groups excluding carboxylic acids is 1. The molecule has 4 nitrogen and oxygen atoms in total. The minimum atomic E-state index is 0.128. The van der Waals surface area contributed by atoms with Crippen LogP contribution >= 0.6 is 0 Å². The lowest BCUT2D eigenvalue weighted by Crippen LogP contribution is -2.48. The van der Waals surface area contributed by atoms with Crippen LogP contribution in [0.15, 0.2) is 24.3 Å². The molecular formula is C16H24N2O2. The van der Waals surface area contributed by atoms with Gasteiger partial charge in [-0.1, -0.05) is 13.8 Å². The van der Waals surface area contributed by atoms with Crippen molar-refractivity contribution in [2.45, 2.75) is 20.3 Å². The Kier molecular flexibility index (Phi) is 5.41. The molecule has 0 spiro atoms. The molecule has 1 aliphatic heterocycles. The molecular weight excluding hydrogens is 252 g/mol. The van der Waals surface area contributed by atoms with Gasteiger partial charge in [-0.2, -0.15) is 0 Å². The molecule has 0 bridgehead atoms. The standard InChI is InChI=1S/C16H24N2O2/c1-3-13-20-15-7-5-14(6-8-15)16(19)18-11-9-17(4-2)10-12-18/h5-8H,3-4,9-13H2,1-2H3. The van der Waals surface area contributed by atoms with Crippen molar-refractivity contribution in [1.82, 2.24) is 9.80 Å². The highest BCUT2D eigenvalue weighted by Crippen LogP contribution is 2.15.